The van der Waals surface area contributed by atoms with Gasteiger partial charge < -0.3 is 0 Å². The molecule has 1 heteroatoms. The fraction of sp³-hybridized carbons (Fsp3) is 0.714. The molecule has 8 heavy (non-hydrogen) atoms. The van der Waals surface area contributed by atoms with Crippen LogP contribution < -0.4 is 0 Å². The van der Waals surface area contributed by atoms with E-state index in [9.17, 15) is 0 Å². The molecule has 0 amide bonds. The monoisotopic (exact) mass is 126 g/mol. The summed E-state index contributed by atoms with van der Waals surface area (Å²) in [6.07, 6.45) is 5.15. The molecule has 0 atom stereocenters. The molecule has 0 bridgehead atoms. The minimum atomic E-state index is -0.813. The average molecular weight is 126 g/mol. The standard InChI is InChI=1S/C7H14Si/c1-8(2,3)7-5-4-6-7/h5H,4,6H2,1-3H3. The Balaban J connectivity index is 2.59. The Morgan fingerprint density at radius 3 is 1.88 bits per heavy atom. The van der Waals surface area contributed by atoms with Crippen LogP contribution in [0.4, 0.5) is 0 Å². The maximum absolute atomic E-state index is 2.41. The first kappa shape index (κ1) is 6.08. The van der Waals surface area contributed by atoms with Crippen molar-refractivity contribution in [1.82, 2.24) is 0 Å². The number of rotatable bonds is 1. The third kappa shape index (κ3) is 1.02. The highest BCUT2D eigenvalue weighted by Crippen LogP contribution is 2.27. The van der Waals surface area contributed by atoms with Crippen molar-refractivity contribution >= 4 is 8.07 Å². The van der Waals surface area contributed by atoms with E-state index in [-0.39, 0.29) is 0 Å². The molecule has 0 N–H and O–H groups in total. The van der Waals surface area contributed by atoms with E-state index >= 15 is 0 Å². The summed E-state index contributed by atoms with van der Waals surface area (Å²) in [5.74, 6) is 0. The lowest BCUT2D eigenvalue weighted by Crippen LogP contribution is -2.26. The van der Waals surface area contributed by atoms with Crippen LogP contribution in [0.5, 0.6) is 0 Å². The molecule has 1 aliphatic carbocycles. The fourth-order valence-electron chi connectivity index (χ4n) is 0.970. The second-order valence-corrected chi connectivity index (χ2v) is 8.66. The largest absolute Gasteiger partial charge is 0.0889 e. The SMILES string of the molecule is C[Si](C)(C)C1=CCC1. The van der Waals surface area contributed by atoms with Crippen LogP contribution in [0.1, 0.15) is 12.8 Å². The average Bonchev–Trinajstić information content (AvgIpc) is 1.16. The lowest BCUT2D eigenvalue weighted by atomic mass is 10.1. The molecule has 0 saturated carbocycles. The van der Waals surface area contributed by atoms with Crippen molar-refractivity contribution in [2.75, 3.05) is 0 Å². The van der Waals surface area contributed by atoms with Crippen molar-refractivity contribution in [3.05, 3.63) is 11.3 Å². The third-order valence-electron chi connectivity index (χ3n) is 1.77. The summed E-state index contributed by atoms with van der Waals surface area (Å²) in [7, 11) is -0.813. The Morgan fingerprint density at radius 2 is 1.88 bits per heavy atom. The van der Waals surface area contributed by atoms with E-state index in [0.717, 1.165) is 0 Å². The maximum atomic E-state index is 2.41. The molecule has 0 heterocycles. The molecule has 0 aromatic heterocycles. The smallest absolute Gasteiger partial charge is 0.0720 e. The molecule has 0 unspecified atom stereocenters. The van der Waals surface area contributed by atoms with Gasteiger partial charge in [0.15, 0.2) is 0 Å². The first-order chi connectivity index (χ1) is 3.61. The van der Waals surface area contributed by atoms with Gasteiger partial charge in [-0.3, -0.25) is 0 Å². The summed E-state index contributed by atoms with van der Waals surface area (Å²) in [5, 5.41) is 1.78. The van der Waals surface area contributed by atoms with Gasteiger partial charge in [-0.25, -0.2) is 0 Å². The normalized spacial score (nSPS) is 19.6. The number of hydrogen-bond donors (Lipinski definition) is 0. The quantitative estimate of drug-likeness (QED) is 0.474. The first-order valence-electron chi connectivity index (χ1n) is 3.30. The minimum Gasteiger partial charge on any atom is -0.0889 e. The van der Waals surface area contributed by atoms with Crippen LogP contribution >= 0.6 is 0 Å². The van der Waals surface area contributed by atoms with E-state index < -0.39 is 8.07 Å². The van der Waals surface area contributed by atoms with Crippen LogP contribution in [0.25, 0.3) is 0 Å². The topological polar surface area (TPSA) is 0 Å². The van der Waals surface area contributed by atoms with E-state index in [2.05, 4.69) is 25.7 Å². The van der Waals surface area contributed by atoms with Gasteiger partial charge in [0, 0.05) is 0 Å². The van der Waals surface area contributed by atoms with Crippen molar-refractivity contribution in [2.24, 2.45) is 0 Å². The highest BCUT2D eigenvalue weighted by Gasteiger charge is 2.22. The van der Waals surface area contributed by atoms with Gasteiger partial charge in [0.2, 0.25) is 0 Å². The van der Waals surface area contributed by atoms with Crippen LogP contribution in [0, 0.1) is 0 Å². The Morgan fingerprint density at radius 1 is 1.38 bits per heavy atom. The minimum absolute atomic E-state index is 0.813. The van der Waals surface area contributed by atoms with E-state index in [0.29, 0.717) is 0 Å². The lowest BCUT2D eigenvalue weighted by molar-refractivity contribution is 0.922. The molecule has 46 valence electrons. The van der Waals surface area contributed by atoms with Gasteiger partial charge >= 0.3 is 0 Å². The molecule has 0 fully saturated rings. The van der Waals surface area contributed by atoms with Crippen molar-refractivity contribution in [2.45, 2.75) is 32.5 Å². The Hall–Kier alpha value is -0.0431. The highest BCUT2D eigenvalue weighted by molar-refractivity contribution is 6.83. The van der Waals surface area contributed by atoms with E-state index in [1.165, 1.54) is 12.8 Å². The third-order valence-corrected chi connectivity index (χ3v) is 4.15. The predicted octanol–water partition coefficient (Wildman–Crippen LogP) is 2.58. The molecular weight excluding hydrogens is 112 g/mol. The lowest BCUT2D eigenvalue weighted by Gasteiger charge is -2.26. The van der Waals surface area contributed by atoms with Crippen LogP contribution in [-0.4, -0.2) is 8.07 Å². The summed E-state index contributed by atoms with van der Waals surface area (Å²) in [5.41, 5.74) is 0. The zero-order chi connectivity index (χ0) is 6.20. The first-order valence-corrected chi connectivity index (χ1v) is 6.80. The second-order valence-electron chi connectivity index (χ2n) is 3.52. The summed E-state index contributed by atoms with van der Waals surface area (Å²) < 4.78 is 0. The maximum Gasteiger partial charge on any atom is 0.0720 e. The zero-order valence-electron chi connectivity index (χ0n) is 5.99. The second kappa shape index (κ2) is 1.73. The molecule has 1 aliphatic rings. The number of hydrogen-bond acceptors (Lipinski definition) is 0. The predicted molar refractivity (Wildman–Crippen MR) is 40.7 cm³/mol. The summed E-state index contributed by atoms with van der Waals surface area (Å²) >= 11 is 0. The molecule has 0 aromatic rings. The Labute approximate surface area is 52.6 Å². The summed E-state index contributed by atoms with van der Waals surface area (Å²) in [4.78, 5) is 0. The molecule has 0 aromatic carbocycles. The van der Waals surface area contributed by atoms with E-state index in [1.807, 2.05) is 0 Å². The molecule has 1 rings (SSSR count). The van der Waals surface area contributed by atoms with Crippen LogP contribution in [0.3, 0.4) is 0 Å². The van der Waals surface area contributed by atoms with Gasteiger partial charge in [0.05, 0.1) is 8.07 Å². The number of allylic oxidation sites excluding steroid dienone is 2. The van der Waals surface area contributed by atoms with E-state index in [1.54, 1.807) is 5.20 Å². The van der Waals surface area contributed by atoms with Crippen LogP contribution in [0.15, 0.2) is 11.3 Å². The van der Waals surface area contributed by atoms with Crippen molar-refractivity contribution in [3.8, 4) is 0 Å². The summed E-state index contributed by atoms with van der Waals surface area (Å²) in [6.45, 7) is 7.24. The fourth-order valence-corrected chi connectivity index (χ4v) is 2.62. The molecular formula is C7H14Si. The van der Waals surface area contributed by atoms with Gasteiger partial charge in [-0.15, -0.1) is 0 Å². The molecule has 0 saturated heterocycles. The van der Waals surface area contributed by atoms with E-state index in [4.69, 9.17) is 0 Å². The van der Waals surface area contributed by atoms with Crippen LogP contribution in [-0.2, 0) is 0 Å². The van der Waals surface area contributed by atoms with Gasteiger partial charge in [0.1, 0.15) is 0 Å². The summed E-state index contributed by atoms with van der Waals surface area (Å²) in [6, 6.07) is 0. The van der Waals surface area contributed by atoms with Gasteiger partial charge in [-0.1, -0.05) is 30.9 Å². The van der Waals surface area contributed by atoms with Crippen LogP contribution in [0.2, 0.25) is 19.6 Å². The van der Waals surface area contributed by atoms with Gasteiger partial charge in [-0.2, -0.15) is 0 Å². The Bertz CT molecular complexity index is 117. The van der Waals surface area contributed by atoms with Crippen molar-refractivity contribution < 1.29 is 0 Å². The van der Waals surface area contributed by atoms with Gasteiger partial charge in [0.25, 0.3) is 0 Å². The van der Waals surface area contributed by atoms with Crippen molar-refractivity contribution in [3.63, 3.8) is 0 Å². The molecule has 0 radical (unpaired) electrons. The molecule has 0 aliphatic heterocycles. The zero-order valence-corrected chi connectivity index (χ0v) is 6.99. The molecule has 0 nitrogen and oxygen atoms in total. The molecule has 0 spiro atoms. The van der Waals surface area contributed by atoms with Gasteiger partial charge in [-0.05, 0) is 12.8 Å². The van der Waals surface area contributed by atoms with Crippen molar-refractivity contribution in [1.29, 1.82) is 0 Å². The highest BCUT2D eigenvalue weighted by atomic mass is 28.3. The Kier molecular flexibility index (Phi) is 1.31.